The van der Waals surface area contributed by atoms with Gasteiger partial charge in [0.1, 0.15) is 11.6 Å². The number of nitrogens with one attached hydrogen (secondary N) is 1. The maximum absolute atomic E-state index is 10.9. The van der Waals surface area contributed by atoms with E-state index in [-0.39, 0.29) is 11.7 Å². The summed E-state index contributed by atoms with van der Waals surface area (Å²) in [5.74, 6) is 1.01. The molecule has 0 saturated carbocycles. The maximum atomic E-state index is 10.9. The molecule has 2 heterocycles. The summed E-state index contributed by atoms with van der Waals surface area (Å²) < 4.78 is 5.27. The van der Waals surface area contributed by atoms with Crippen molar-refractivity contribution >= 4 is 11.7 Å². The van der Waals surface area contributed by atoms with Gasteiger partial charge in [0.05, 0.1) is 6.26 Å². The third-order valence-electron chi connectivity index (χ3n) is 2.72. The van der Waals surface area contributed by atoms with Crippen LogP contribution in [-0.4, -0.2) is 22.1 Å². The first-order chi connectivity index (χ1) is 9.15. The predicted octanol–water partition coefficient (Wildman–Crippen LogP) is 1.60. The first-order valence-corrected chi connectivity index (χ1v) is 6.07. The summed E-state index contributed by atoms with van der Waals surface area (Å²) >= 11 is 0. The van der Waals surface area contributed by atoms with Gasteiger partial charge in [-0.25, -0.2) is 0 Å². The highest BCUT2D eigenvalue weighted by Crippen LogP contribution is 2.09. The Morgan fingerprint density at radius 1 is 1.42 bits per heavy atom. The molecule has 100 valence electrons. The van der Waals surface area contributed by atoms with Crippen molar-refractivity contribution in [3.05, 3.63) is 42.0 Å². The summed E-state index contributed by atoms with van der Waals surface area (Å²) in [6.45, 7) is 2.05. The van der Waals surface area contributed by atoms with Crippen LogP contribution in [-0.2, 0) is 6.42 Å². The quantitative estimate of drug-likeness (QED) is 0.822. The van der Waals surface area contributed by atoms with Crippen LogP contribution in [0.25, 0.3) is 0 Å². The number of aryl methyl sites for hydroxylation is 1. The summed E-state index contributed by atoms with van der Waals surface area (Å²) in [6.07, 6.45) is 3.43. The molecule has 2 aromatic rings. The van der Waals surface area contributed by atoms with Gasteiger partial charge in [-0.1, -0.05) is 0 Å². The predicted molar refractivity (Wildman–Crippen MR) is 70.7 cm³/mol. The van der Waals surface area contributed by atoms with Crippen molar-refractivity contribution in [3.63, 3.8) is 0 Å². The van der Waals surface area contributed by atoms with Crippen molar-refractivity contribution in [1.29, 1.82) is 0 Å². The van der Waals surface area contributed by atoms with Crippen LogP contribution < -0.4 is 11.1 Å². The van der Waals surface area contributed by atoms with Gasteiger partial charge in [0.2, 0.25) is 0 Å². The normalized spacial score (nSPS) is 12.1. The Labute approximate surface area is 111 Å². The van der Waals surface area contributed by atoms with Crippen LogP contribution in [0.15, 0.2) is 34.9 Å². The van der Waals surface area contributed by atoms with Crippen LogP contribution in [0.1, 0.15) is 29.6 Å². The largest absolute Gasteiger partial charge is 0.469 e. The van der Waals surface area contributed by atoms with E-state index in [1.807, 2.05) is 19.1 Å². The Bertz CT molecular complexity index is 522. The third-order valence-corrected chi connectivity index (χ3v) is 2.72. The van der Waals surface area contributed by atoms with Crippen molar-refractivity contribution in [1.82, 2.24) is 10.2 Å². The van der Waals surface area contributed by atoms with E-state index in [9.17, 15) is 4.79 Å². The summed E-state index contributed by atoms with van der Waals surface area (Å²) in [5.41, 5.74) is 5.26. The van der Waals surface area contributed by atoms with Gasteiger partial charge < -0.3 is 15.5 Å². The molecule has 0 saturated heterocycles. The molecule has 0 radical (unpaired) electrons. The van der Waals surface area contributed by atoms with E-state index in [0.29, 0.717) is 5.82 Å². The van der Waals surface area contributed by atoms with Crippen molar-refractivity contribution in [2.45, 2.75) is 25.8 Å². The van der Waals surface area contributed by atoms with Crippen LogP contribution in [0.3, 0.4) is 0 Å². The Morgan fingerprint density at radius 3 is 2.84 bits per heavy atom. The van der Waals surface area contributed by atoms with Crippen LogP contribution in [0.5, 0.6) is 0 Å². The van der Waals surface area contributed by atoms with Gasteiger partial charge in [0.25, 0.3) is 5.91 Å². The lowest BCUT2D eigenvalue weighted by atomic mass is 10.1. The minimum atomic E-state index is -0.579. The number of carbonyl (C=O) groups is 1. The molecule has 1 unspecified atom stereocenters. The molecule has 2 rings (SSSR count). The molecule has 6 heteroatoms. The Balaban J connectivity index is 1.84. The molecule has 0 bridgehead atoms. The number of furan rings is 1. The van der Waals surface area contributed by atoms with Crippen LogP contribution in [0.2, 0.25) is 0 Å². The highest BCUT2D eigenvalue weighted by molar-refractivity contribution is 5.90. The minimum absolute atomic E-state index is 0.161. The zero-order valence-corrected chi connectivity index (χ0v) is 10.7. The van der Waals surface area contributed by atoms with Crippen LogP contribution in [0, 0.1) is 0 Å². The second kappa shape index (κ2) is 5.99. The topological polar surface area (TPSA) is 94.0 Å². The van der Waals surface area contributed by atoms with Gasteiger partial charge in [0.15, 0.2) is 5.69 Å². The zero-order valence-electron chi connectivity index (χ0n) is 10.7. The molecule has 0 aromatic carbocycles. The van der Waals surface area contributed by atoms with Gasteiger partial charge in [-0.2, -0.15) is 0 Å². The minimum Gasteiger partial charge on any atom is -0.469 e. The zero-order chi connectivity index (χ0) is 13.7. The van der Waals surface area contributed by atoms with E-state index in [2.05, 4.69) is 15.5 Å². The number of primary amides is 1. The summed E-state index contributed by atoms with van der Waals surface area (Å²) in [6, 6.07) is 7.29. The third kappa shape index (κ3) is 3.80. The van der Waals surface area contributed by atoms with Crippen LogP contribution in [0.4, 0.5) is 5.82 Å². The van der Waals surface area contributed by atoms with E-state index < -0.39 is 5.91 Å². The Morgan fingerprint density at radius 2 is 2.26 bits per heavy atom. The summed E-state index contributed by atoms with van der Waals surface area (Å²) in [5, 5.41) is 10.8. The van der Waals surface area contributed by atoms with Crippen molar-refractivity contribution in [3.8, 4) is 0 Å². The standard InChI is InChI=1S/C13H16N4O2/c1-9(4-5-10-3-2-8-19-10)15-12-7-6-11(13(14)18)16-17-12/h2-3,6-9H,4-5H2,1H3,(H2,14,18)(H,15,17). The first kappa shape index (κ1) is 13.1. The summed E-state index contributed by atoms with van der Waals surface area (Å²) in [7, 11) is 0. The number of carbonyl (C=O) groups excluding carboxylic acids is 1. The number of hydrogen-bond donors (Lipinski definition) is 2. The lowest BCUT2D eigenvalue weighted by Gasteiger charge is -2.13. The fourth-order valence-corrected chi connectivity index (χ4v) is 1.68. The molecular formula is C13H16N4O2. The van der Waals surface area contributed by atoms with E-state index in [1.165, 1.54) is 0 Å². The molecule has 6 nitrogen and oxygen atoms in total. The molecule has 1 amide bonds. The van der Waals surface area contributed by atoms with Gasteiger partial charge in [-0.15, -0.1) is 10.2 Å². The average Bonchev–Trinajstić information content (AvgIpc) is 2.90. The molecule has 19 heavy (non-hydrogen) atoms. The van der Waals surface area contributed by atoms with Gasteiger partial charge >= 0.3 is 0 Å². The number of aromatic nitrogens is 2. The highest BCUT2D eigenvalue weighted by atomic mass is 16.3. The molecule has 1 atom stereocenters. The van der Waals surface area contributed by atoms with Crippen LogP contribution >= 0.6 is 0 Å². The van der Waals surface area contributed by atoms with Gasteiger partial charge in [0, 0.05) is 12.5 Å². The molecule has 0 spiro atoms. The fraction of sp³-hybridized carbons (Fsp3) is 0.308. The molecule has 0 fully saturated rings. The summed E-state index contributed by atoms with van der Waals surface area (Å²) in [4.78, 5) is 10.9. The Hall–Kier alpha value is -2.37. The SMILES string of the molecule is CC(CCc1ccco1)Nc1ccc(C(N)=O)nn1. The average molecular weight is 260 g/mol. The highest BCUT2D eigenvalue weighted by Gasteiger charge is 2.07. The number of hydrogen-bond acceptors (Lipinski definition) is 5. The maximum Gasteiger partial charge on any atom is 0.269 e. The first-order valence-electron chi connectivity index (χ1n) is 6.07. The number of anilines is 1. The molecule has 0 aliphatic rings. The number of rotatable bonds is 6. The van der Waals surface area contributed by atoms with Crippen molar-refractivity contribution in [2.75, 3.05) is 5.32 Å². The number of amides is 1. The lowest BCUT2D eigenvalue weighted by molar-refractivity contribution is 0.0994. The van der Waals surface area contributed by atoms with Crippen molar-refractivity contribution in [2.24, 2.45) is 5.73 Å². The number of nitrogens with zero attached hydrogens (tertiary/aromatic N) is 2. The Kier molecular flexibility index (Phi) is 4.12. The second-order valence-electron chi connectivity index (χ2n) is 4.33. The second-order valence-corrected chi connectivity index (χ2v) is 4.33. The van der Waals surface area contributed by atoms with E-state index >= 15 is 0 Å². The molecule has 3 N–H and O–H groups in total. The van der Waals surface area contributed by atoms with E-state index in [4.69, 9.17) is 10.2 Å². The smallest absolute Gasteiger partial charge is 0.269 e. The van der Waals surface area contributed by atoms with Crippen molar-refractivity contribution < 1.29 is 9.21 Å². The number of nitrogens with two attached hydrogens (primary N) is 1. The van der Waals surface area contributed by atoms with Gasteiger partial charge in [-0.3, -0.25) is 4.79 Å². The molecule has 0 aliphatic heterocycles. The van der Waals surface area contributed by atoms with E-state index in [1.54, 1.807) is 18.4 Å². The monoisotopic (exact) mass is 260 g/mol. The lowest BCUT2D eigenvalue weighted by Crippen LogP contribution is -2.18. The molecular weight excluding hydrogens is 244 g/mol. The molecule has 2 aromatic heterocycles. The molecule has 0 aliphatic carbocycles. The van der Waals surface area contributed by atoms with Gasteiger partial charge in [-0.05, 0) is 37.6 Å². The van der Waals surface area contributed by atoms with E-state index in [0.717, 1.165) is 18.6 Å². The fourth-order valence-electron chi connectivity index (χ4n) is 1.68.